The topological polar surface area (TPSA) is 70.9 Å². The van der Waals surface area contributed by atoms with Crippen LogP contribution in [0.3, 0.4) is 0 Å². The maximum atomic E-state index is 13.7. The molecule has 2 N–H and O–H groups in total. The Balaban J connectivity index is 1.73. The van der Waals surface area contributed by atoms with E-state index in [9.17, 15) is 4.39 Å². The van der Waals surface area contributed by atoms with Gasteiger partial charge in [-0.15, -0.1) is 0 Å². The molecule has 0 saturated heterocycles. The van der Waals surface area contributed by atoms with Gasteiger partial charge in [0.25, 0.3) is 0 Å². The van der Waals surface area contributed by atoms with E-state index in [2.05, 4.69) is 5.10 Å². The lowest BCUT2D eigenvalue weighted by atomic mass is 10.0. The summed E-state index contributed by atoms with van der Waals surface area (Å²) in [5.41, 5.74) is 11.8. The van der Waals surface area contributed by atoms with Crippen molar-refractivity contribution in [2.45, 2.75) is 25.9 Å². The largest absolute Gasteiger partial charge is 0.382 e. The average molecular weight is 426 g/mol. The molecule has 3 heterocycles. The van der Waals surface area contributed by atoms with E-state index < -0.39 is 5.82 Å². The number of nitrogens with zero attached hydrogens (tertiary/aromatic N) is 4. The van der Waals surface area contributed by atoms with Gasteiger partial charge in [-0.3, -0.25) is 4.68 Å². The molecule has 4 aromatic rings. The number of aryl methyl sites for hydroxylation is 1. The second kappa shape index (κ2) is 7.11. The van der Waals surface area contributed by atoms with Crippen LogP contribution >= 0.6 is 11.6 Å². The second-order valence-electron chi connectivity index (χ2n) is 7.66. The number of halogens is 2. The highest BCUT2D eigenvalue weighted by Gasteiger charge is 2.25. The molecule has 154 valence electrons. The van der Waals surface area contributed by atoms with Crippen LogP contribution in [0, 0.1) is 5.82 Å². The predicted molar refractivity (Wildman–Crippen MR) is 115 cm³/mol. The van der Waals surface area contributed by atoms with Crippen molar-refractivity contribution in [2.24, 2.45) is 7.05 Å². The van der Waals surface area contributed by atoms with Crippen LogP contribution < -0.4 is 5.73 Å². The Morgan fingerprint density at radius 2 is 2.03 bits per heavy atom. The molecule has 6 nitrogen and oxygen atoms in total. The van der Waals surface area contributed by atoms with E-state index in [0.717, 1.165) is 45.5 Å². The summed E-state index contributed by atoms with van der Waals surface area (Å²) >= 11 is 6.05. The number of hydrogen-bond acceptors (Lipinski definition) is 4. The standard InChI is InChI=1S/C22H21ClFN5O/c1-12-9-20-15(7-8-30-12)21(26-29(20)14-4-5-18(24)17(23)11-14)13-3-6-19-16(10-13)22(25)27-28(19)2/h3-6,10-12H,7-9H2,1-2H3,(H2,25,27)/t12-/m1/s1. The molecule has 0 aliphatic carbocycles. The first-order valence-corrected chi connectivity index (χ1v) is 10.2. The molecule has 1 atom stereocenters. The number of aromatic nitrogens is 4. The fraction of sp³-hybridized carbons (Fsp3) is 0.273. The smallest absolute Gasteiger partial charge is 0.153 e. The molecule has 8 heteroatoms. The lowest BCUT2D eigenvalue weighted by Gasteiger charge is -2.11. The molecule has 1 aliphatic heterocycles. The number of hydrogen-bond donors (Lipinski definition) is 1. The van der Waals surface area contributed by atoms with Gasteiger partial charge in [0, 0.05) is 30.0 Å². The zero-order valence-corrected chi connectivity index (χ0v) is 17.4. The third-order valence-corrected chi connectivity index (χ3v) is 5.91. The molecule has 0 unspecified atom stereocenters. The van der Waals surface area contributed by atoms with E-state index in [1.165, 1.54) is 6.07 Å². The number of benzene rings is 2. The molecular formula is C22H21ClFN5O. The fourth-order valence-electron chi connectivity index (χ4n) is 4.15. The van der Waals surface area contributed by atoms with E-state index in [-0.39, 0.29) is 11.1 Å². The van der Waals surface area contributed by atoms with Crippen LogP contribution in [0.4, 0.5) is 10.2 Å². The zero-order valence-electron chi connectivity index (χ0n) is 16.7. The number of nitrogens with two attached hydrogens (primary N) is 1. The van der Waals surface area contributed by atoms with Crippen molar-refractivity contribution in [3.63, 3.8) is 0 Å². The molecule has 0 saturated carbocycles. The maximum absolute atomic E-state index is 13.7. The van der Waals surface area contributed by atoms with Crippen molar-refractivity contribution in [2.75, 3.05) is 12.3 Å². The Morgan fingerprint density at radius 3 is 2.83 bits per heavy atom. The van der Waals surface area contributed by atoms with Gasteiger partial charge >= 0.3 is 0 Å². The van der Waals surface area contributed by atoms with Gasteiger partial charge < -0.3 is 10.5 Å². The summed E-state index contributed by atoms with van der Waals surface area (Å²) in [5, 5.41) is 10.2. The van der Waals surface area contributed by atoms with E-state index in [1.54, 1.807) is 16.8 Å². The van der Waals surface area contributed by atoms with Gasteiger partial charge in [0.05, 0.1) is 40.3 Å². The molecule has 0 radical (unpaired) electrons. The summed E-state index contributed by atoms with van der Waals surface area (Å²) in [6, 6.07) is 10.7. The minimum Gasteiger partial charge on any atom is -0.382 e. The number of anilines is 1. The molecule has 0 fully saturated rings. The zero-order chi connectivity index (χ0) is 21.0. The summed E-state index contributed by atoms with van der Waals surface area (Å²) in [4.78, 5) is 0. The van der Waals surface area contributed by atoms with Crippen LogP contribution in [0.5, 0.6) is 0 Å². The summed E-state index contributed by atoms with van der Waals surface area (Å²) in [6.07, 6.45) is 1.50. The molecule has 0 amide bonds. The van der Waals surface area contributed by atoms with Crippen molar-refractivity contribution in [1.29, 1.82) is 0 Å². The first-order chi connectivity index (χ1) is 14.4. The van der Waals surface area contributed by atoms with Gasteiger partial charge in [0.2, 0.25) is 0 Å². The van der Waals surface area contributed by atoms with Crippen LogP contribution in [-0.4, -0.2) is 32.3 Å². The molecule has 5 rings (SSSR count). The first-order valence-electron chi connectivity index (χ1n) is 9.83. The molecular weight excluding hydrogens is 405 g/mol. The number of ether oxygens (including phenoxy) is 1. The minimum atomic E-state index is -0.451. The van der Waals surface area contributed by atoms with Crippen molar-refractivity contribution in [1.82, 2.24) is 19.6 Å². The summed E-state index contributed by atoms with van der Waals surface area (Å²) < 4.78 is 23.3. The molecule has 2 aromatic heterocycles. The lowest BCUT2D eigenvalue weighted by Crippen LogP contribution is -2.13. The highest BCUT2D eigenvalue weighted by Crippen LogP contribution is 2.34. The van der Waals surface area contributed by atoms with Crippen LogP contribution in [-0.2, 0) is 24.6 Å². The quantitative estimate of drug-likeness (QED) is 0.519. The summed E-state index contributed by atoms with van der Waals surface area (Å²) in [5.74, 6) is 0.0373. The number of nitrogen functional groups attached to an aromatic ring is 1. The molecule has 0 bridgehead atoms. The summed E-state index contributed by atoms with van der Waals surface area (Å²) in [7, 11) is 1.87. The highest BCUT2D eigenvalue weighted by atomic mass is 35.5. The predicted octanol–water partition coefficient (Wildman–Crippen LogP) is 4.30. The second-order valence-corrected chi connectivity index (χ2v) is 8.07. The van der Waals surface area contributed by atoms with Crippen molar-refractivity contribution < 1.29 is 9.13 Å². The van der Waals surface area contributed by atoms with Crippen molar-refractivity contribution in [3.8, 4) is 16.9 Å². The number of rotatable bonds is 2. The van der Waals surface area contributed by atoms with Gasteiger partial charge in [-0.25, -0.2) is 9.07 Å². The Kier molecular flexibility index (Phi) is 4.52. The van der Waals surface area contributed by atoms with Gasteiger partial charge in [-0.2, -0.15) is 10.2 Å². The lowest BCUT2D eigenvalue weighted by molar-refractivity contribution is 0.0735. The average Bonchev–Trinajstić information content (AvgIpc) is 3.13. The van der Waals surface area contributed by atoms with Crippen LogP contribution in [0.25, 0.3) is 27.8 Å². The normalized spacial score (nSPS) is 16.6. The van der Waals surface area contributed by atoms with Crippen LogP contribution in [0.15, 0.2) is 36.4 Å². The van der Waals surface area contributed by atoms with E-state index in [0.29, 0.717) is 18.8 Å². The van der Waals surface area contributed by atoms with Crippen LogP contribution in [0.1, 0.15) is 18.2 Å². The fourth-order valence-corrected chi connectivity index (χ4v) is 4.33. The molecule has 2 aromatic carbocycles. The number of fused-ring (bicyclic) bond motifs is 2. The monoisotopic (exact) mass is 425 g/mol. The molecule has 0 spiro atoms. The van der Waals surface area contributed by atoms with E-state index >= 15 is 0 Å². The SMILES string of the molecule is C[C@@H]1Cc2c(c(-c3ccc4c(c3)c(N)nn4C)nn2-c2ccc(F)c(Cl)c2)CCO1. The van der Waals surface area contributed by atoms with E-state index in [1.807, 2.05) is 36.9 Å². The van der Waals surface area contributed by atoms with Gasteiger partial charge in [-0.05, 0) is 43.7 Å². The maximum Gasteiger partial charge on any atom is 0.153 e. The highest BCUT2D eigenvalue weighted by molar-refractivity contribution is 6.30. The van der Waals surface area contributed by atoms with Crippen molar-refractivity contribution in [3.05, 3.63) is 58.5 Å². The Bertz CT molecular complexity index is 1280. The Labute approximate surface area is 178 Å². The summed E-state index contributed by atoms with van der Waals surface area (Å²) in [6.45, 7) is 2.67. The Morgan fingerprint density at radius 1 is 1.20 bits per heavy atom. The first kappa shape index (κ1) is 19.1. The minimum absolute atomic E-state index is 0.0573. The van der Waals surface area contributed by atoms with E-state index in [4.69, 9.17) is 27.2 Å². The van der Waals surface area contributed by atoms with Crippen LogP contribution in [0.2, 0.25) is 5.02 Å². The molecule has 1 aliphatic rings. The third-order valence-electron chi connectivity index (χ3n) is 5.63. The third kappa shape index (κ3) is 3.05. The van der Waals surface area contributed by atoms with Crippen molar-refractivity contribution >= 4 is 28.3 Å². The van der Waals surface area contributed by atoms with Gasteiger partial charge in [0.15, 0.2) is 5.82 Å². The Hall–Kier alpha value is -2.90. The van der Waals surface area contributed by atoms with Gasteiger partial charge in [-0.1, -0.05) is 17.7 Å². The molecule has 30 heavy (non-hydrogen) atoms. The van der Waals surface area contributed by atoms with Gasteiger partial charge in [0.1, 0.15) is 5.82 Å².